The van der Waals surface area contributed by atoms with E-state index in [9.17, 15) is 4.79 Å². The third kappa shape index (κ3) is 2.44. The monoisotopic (exact) mass is 219 g/mol. The first-order chi connectivity index (χ1) is 7.25. The number of thiazole rings is 1. The van der Waals surface area contributed by atoms with Crippen LogP contribution in [0.3, 0.4) is 0 Å². The van der Waals surface area contributed by atoms with Crippen molar-refractivity contribution in [3.05, 3.63) is 40.4 Å². The third-order valence-electron chi connectivity index (χ3n) is 1.88. The number of Topliss-reactive ketones (excluding diaryl/α,β-unsaturated/α-hetero) is 1. The lowest BCUT2D eigenvalue weighted by Crippen LogP contribution is -2.05. The van der Waals surface area contributed by atoms with Crippen LogP contribution in [0.2, 0.25) is 0 Å². The molecule has 0 radical (unpaired) electrons. The maximum atomic E-state index is 11.7. The highest BCUT2D eigenvalue weighted by Crippen LogP contribution is 2.09. The molecule has 0 bridgehead atoms. The zero-order valence-electron chi connectivity index (χ0n) is 8.17. The van der Waals surface area contributed by atoms with Crippen molar-refractivity contribution in [3.63, 3.8) is 0 Å². The number of carbonyl (C=O) groups excluding carboxylic acids is 1. The van der Waals surface area contributed by atoms with E-state index in [1.165, 1.54) is 17.5 Å². The summed E-state index contributed by atoms with van der Waals surface area (Å²) in [6.07, 6.45) is 5.16. The number of hydrogen-bond donors (Lipinski definition) is 0. The number of aryl methyl sites for hydroxylation is 1. The van der Waals surface area contributed by atoms with Gasteiger partial charge in [-0.1, -0.05) is 0 Å². The summed E-state index contributed by atoms with van der Waals surface area (Å²) >= 11 is 1.47. The van der Waals surface area contributed by atoms with Crippen LogP contribution in [-0.4, -0.2) is 20.7 Å². The van der Waals surface area contributed by atoms with Crippen molar-refractivity contribution in [1.82, 2.24) is 15.0 Å². The highest BCUT2D eigenvalue weighted by molar-refractivity contribution is 7.09. The Hall–Kier alpha value is -1.62. The second kappa shape index (κ2) is 4.27. The molecule has 0 fully saturated rings. The fourth-order valence-electron chi connectivity index (χ4n) is 1.11. The van der Waals surface area contributed by atoms with Gasteiger partial charge in [0.25, 0.3) is 0 Å². The van der Waals surface area contributed by atoms with E-state index in [-0.39, 0.29) is 5.78 Å². The van der Waals surface area contributed by atoms with Crippen LogP contribution < -0.4 is 0 Å². The minimum absolute atomic E-state index is 0.0215. The van der Waals surface area contributed by atoms with Gasteiger partial charge in [0.15, 0.2) is 5.78 Å². The van der Waals surface area contributed by atoms with Gasteiger partial charge < -0.3 is 0 Å². The second-order valence-electron chi connectivity index (χ2n) is 3.11. The Bertz CT molecular complexity index is 450. The molecule has 0 spiro atoms. The van der Waals surface area contributed by atoms with Crippen molar-refractivity contribution in [3.8, 4) is 0 Å². The molecule has 2 aromatic heterocycles. The highest BCUT2D eigenvalue weighted by atomic mass is 32.1. The average Bonchev–Trinajstić information content (AvgIpc) is 2.71. The number of nitrogens with zero attached hydrogens (tertiary/aromatic N) is 3. The predicted molar refractivity (Wildman–Crippen MR) is 56.9 cm³/mol. The van der Waals surface area contributed by atoms with Crippen LogP contribution in [0.15, 0.2) is 24.1 Å². The second-order valence-corrected chi connectivity index (χ2v) is 4.08. The van der Waals surface area contributed by atoms with Crippen LogP contribution in [-0.2, 0) is 6.42 Å². The van der Waals surface area contributed by atoms with Crippen LogP contribution in [0.25, 0.3) is 0 Å². The van der Waals surface area contributed by atoms with Crippen LogP contribution in [0.5, 0.6) is 0 Å². The Morgan fingerprint density at radius 1 is 1.33 bits per heavy atom. The summed E-state index contributed by atoms with van der Waals surface area (Å²) in [4.78, 5) is 24.6. The van der Waals surface area contributed by atoms with Crippen molar-refractivity contribution in [1.29, 1.82) is 0 Å². The maximum absolute atomic E-state index is 11.7. The van der Waals surface area contributed by atoms with E-state index in [0.29, 0.717) is 12.1 Å². The fourth-order valence-corrected chi connectivity index (χ4v) is 1.71. The minimum atomic E-state index is -0.0215. The number of carbonyl (C=O) groups is 1. The van der Waals surface area contributed by atoms with Crippen LogP contribution in [0, 0.1) is 6.92 Å². The summed E-state index contributed by atoms with van der Waals surface area (Å²) in [5, 5.41) is 0. The molecule has 2 rings (SSSR count). The quantitative estimate of drug-likeness (QED) is 0.737. The zero-order chi connectivity index (χ0) is 10.7. The largest absolute Gasteiger partial charge is 0.292 e. The molecule has 0 amide bonds. The third-order valence-corrected chi connectivity index (χ3v) is 2.66. The molecule has 0 unspecified atom stereocenters. The summed E-state index contributed by atoms with van der Waals surface area (Å²) in [6.45, 7) is 1.84. The number of ketones is 1. The van der Waals surface area contributed by atoms with Crippen LogP contribution in [0.4, 0.5) is 0 Å². The van der Waals surface area contributed by atoms with Crippen molar-refractivity contribution >= 4 is 17.1 Å². The molecule has 0 aliphatic carbocycles. The highest BCUT2D eigenvalue weighted by Gasteiger charge is 2.09. The molecule has 0 atom stereocenters. The summed E-state index contributed by atoms with van der Waals surface area (Å²) in [5.74, 6) is -0.0215. The molecule has 0 N–H and O–H groups in total. The summed E-state index contributed by atoms with van der Waals surface area (Å²) in [6, 6.07) is 0. The van der Waals surface area contributed by atoms with Crippen LogP contribution in [0.1, 0.15) is 21.1 Å². The van der Waals surface area contributed by atoms with E-state index >= 15 is 0 Å². The van der Waals surface area contributed by atoms with Crippen molar-refractivity contribution in [2.75, 3.05) is 0 Å². The number of aromatic nitrogens is 3. The van der Waals surface area contributed by atoms with Gasteiger partial charge in [-0.25, -0.2) is 4.98 Å². The normalized spacial score (nSPS) is 10.2. The molecule has 0 aromatic carbocycles. The van der Waals surface area contributed by atoms with Gasteiger partial charge in [-0.05, 0) is 6.92 Å². The van der Waals surface area contributed by atoms with E-state index in [4.69, 9.17) is 0 Å². The number of hydrogen-bond acceptors (Lipinski definition) is 5. The summed E-state index contributed by atoms with van der Waals surface area (Å²) < 4.78 is 0. The number of rotatable bonds is 3. The van der Waals surface area contributed by atoms with Gasteiger partial charge in [0, 0.05) is 23.7 Å². The molecule has 0 aliphatic rings. The molecule has 0 saturated carbocycles. The van der Waals surface area contributed by atoms with Crippen LogP contribution >= 0.6 is 11.3 Å². The summed E-state index contributed by atoms with van der Waals surface area (Å²) in [5.41, 5.74) is 2.93. The molecular formula is C10H9N3OS. The van der Waals surface area contributed by atoms with Gasteiger partial charge >= 0.3 is 0 Å². The topological polar surface area (TPSA) is 55.7 Å². The van der Waals surface area contributed by atoms with Gasteiger partial charge in [-0.3, -0.25) is 14.8 Å². The van der Waals surface area contributed by atoms with E-state index in [1.807, 2.05) is 6.92 Å². The van der Waals surface area contributed by atoms with E-state index in [0.717, 1.165) is 10.6 Å². The first-order valence-electron chi connectivity index (χ1n) is 4.45. The minimum Gasteiger partial charge on any atom is -0.292 e. The van der Waals surface area contributed by atoms with Crippen molar-refractivity contribution < 1.29 is 4.79 Å². The Balaban J connectivity index is 2.11. The SMILES string of the molecule is Cc1cnc(C(=O)Cc2cncs2)cn1. The molecule has 15 heavy (non-hydrogen) atoms. The fraction of sp³-hybridized carbons (Fsp3) is 0.200. The standard InChI is InChI=1S/C10H9N3OS/c1-7-3-13-9(5-12-7)10(14)2-8-4-11-6-15-8/h3-6H,2H2,1H3. The Morgan fingerprint density at radius 2 is 2.20 bits per heavy atom. The van der Waals surface area contributed by atoms with E-state index in [2.05, 4.69) is 15.0 Å². The Labute approximate surface area is 91.0 Å². The van der Waals surface area contributed by atoms with Crippen molar-refractivity contribution in [2.45, 2.75) is 13.3 Å². The smallest absolute Gasteiger partial charge is 0.187 e. The molecular weight excluding hydrogens is 210 g/mol. The predicted octanol–water partition coefficient (Wildman–Crippen LogP) is 1.67. The van der Waals surface area contributed by atoms with E-state index < -0.39 is 0 Å². The van der Waals surface area contributed by atoms with Gasteiger partial charge in [0.1, 0.15) is 5.69 Å². The first-order valence-corrected chi connectivity index (χ1v) is 5.33. The summed E-state index contributed by atoms with van der Waals surface area (Å²) in [7, 11) is 0. The lowest BCUT2D eigenvalue weighted by atomic mass is 10.2. The molecule has 4 nitrogen and oxygen atoms in total. The molecule has 2 heterocycles. The zero-order valence-corrected chi connectivity index (χ0v) is 8.99. The van der Waals surface area contributed by atoms with Gasteiger partial charge in [-0.15, -0.1) is 11.3 Å². The van der Waals surface area contributed by atoms with Gasteiger partial charge in [-0.2, -0.15) is 0 Å². The van der Waals surface area contributed by atoms with Gasteiger partial charge in [0.2, 0.25) is 0 Å². The Kier molecular flexibility index (Phi) is 2.82. The average molecular weight is 219 g/mol. The van der Waals surface area contributed by atoms with Crippen molar-refractivity contribution in [2.24, 2.45) is 0 Å². The lowest BCUT2D eigenvalue weighted by molar-refractivity contribution is 0.0988. The molecule has 0 aliphatic heterocycles. The van der Waals surface area contributed by atoms with Gasteiger partial charge in [0.05, 0.1) is 17.4 Å². The molecule has 5 heteroatoms. The lowest BCUT2D eigenvalue weighted by Gasteiger charge is -1.97. The van der Waals surface area contributed by atoms with E-state index in [1.54, 1.807) is 17.9 Å². The molecule has 76 valence electrons. The maximum Gasteiger partial charge on any atom is 0.187 e. The molecule has 0 saturated heterocycles. The Morgan fingerprint density at radius 3 is 2.80 bits per heavy atom. The first kappa shape index (κ1) is 9.92. The molecule has 2 aromatic rings.